The van der Waals surface area contributed by atoms with Crippen LogP contribution in [0.25, 0.3) is 10.9 Å². The van der Waals surface area contributed by atoms with Gasteiger partial charge in [-0.3, -0.25) is 4.79 Å². The first-order chi connectivity index (χ1) is 9.25. The molecule has 4 heteroatoms. The fourth-order valence-corrected chi connectivity index (χ4v) is 3.59. The van der Waals surface area contributed by atoms with E-state index in [1.807, 2.05) is 11.0 Å². The van der Waals surface area contributed by atoms with Crippen LogP contribution in [0.2, 0.25) is 0 Å². The van der Waals surface area contributed by atoms with Crippen molar-refractivity contribution in [1.29, 1.82) is 0 Å². The van der Waals surface area contributed by atoms with Crippen molar-refractivity contribution < 1.29 is 4.79 Å². The largest absolute Gasteiger partial charge is 0.356 e. The Morgan fingerprint density at radius 1 is 1.26 bits per heavy atom. The van der Waals surface area contributed by atoms with Crippen LogP contribution in [-0.4, -0.2) is 28.4 Å². The van der Waals surface area contributed by atoms with E-state index in [0.29, 0.717) is 6.42 Å². The summed E-state index contributed by atoms with van der Waals surface area (Å²) in [6.45, 7) is 0.798. The molecule has 1 amide bonds. The zero-order valence-corrected chi connectivity index (χ0v) is 10.7. The number of amides is 1. The molecule has 98 valence electrons. The maximum absolute atomic E-state index is 12.1. The van der Waals surface area contributed by atoms with Gasteiger partial charge in [-0.25, -0.2) is 0 Å². The first-order valence-electron chi connectivity index (χ1n) is 6.90. The van der Waals surface area contributed by atoms with Gasteiger partial charge in [-0.05, 0) is 24.5 Å². The minimum atomic E-state index is 0.0393. The van der Waals surface area contributed by atoms with Gasteiger partial charge in [0.15, 0.2) is 0 Å². The number of nitrogens with two attached hydrogens (primary N) is 1. The van der Waals surface area contributed by atoms with Crippen molar-refractivity contribution in [2.24, 2.45) is 5.73 Å². The highest BCUT2D eigenvalue weighted by Gasteiger charge is 2.39. The Labute approximate surface area is 111 Å². The number of piperidine rings is 1. The molecule has 1 saturated heterocycles. The third-order valence-corrected chi connectivity index (χ3v) is 4.50. The SMILES string of the molecule is N[C@H]1CCC(=O)N2CCc3c([nH]c4ccccc34)[C@@H]12. The quantitative estimate of drug-likeness (QED) is 0.753. The van der Waals surface area contributed by atoms with Crippen LogP contribution in [-0.2, 0) is 11.2 Å². The van der Waals surface area contributed by atoms with Crippen molar-refractivity contribution in [2.45, 2.75) is 31.3 Å². The molecule has 3 heterocycles. The standard InChI is InChI=1S/C15H17N3O/c16-11-5-6-13(19)18-8-7-10-9-3-1-2-4-12(9)17-14(10)15(11)18/h1-4,11,15,17H,5-8,16H2/t11-,15+/m0/s1. The molecule has 0 aliphatic carbocycles. The third kappa shape index (κ3) is 1.46. The second-order valence-corrected chi connectivity index (χ2v) is 5.55. The Morgan fingerprint density at radius 2 is 2.11 bits per heavy atom. The van der Waals surface area contributed by atoms with Gasteiger partial charge in [0.2, 0.25) is 5.91 Å². The van der Waals surface area contributed by atoms with E-state index < -0.39 is 0 Å². The molecular weight excluding hydrogens is 238 g/mol. The number of nitrogens with one attached hydrogen (secondary N) is 1. The number of hydrogen-bond donors (Lipinski definition) is 2. The predicted molar refractivity (Wildman–Crippen MR) is 73.7 cm³/mol. The van der Waals surface area contributed by atoms with E-state index in [1.165, 1.54) is 10.9 Å². The maximum Gasteiger partial charge on any atom is 0.223 e. The highest BCUT2D eigenvalue weighted by molar-refractivity contribution is 5.86. The van der Waals surface area contributed by atoms with Crippen LogP contribution in [0.5, 0.6) is 0 Å². The molecule has 0 bridgehead atoms. The Kier molecular flexibility index (Phi) is 2.23. The number of para-hydroxylation sites is 1. The van der Waals surface area contributed by atoms with Gasteiger partial charge in [-0.1, -0.05) is 18.2 Å². The first kappa shape index (κ1) is 11.1. The van der Waals surface area contributed by atoms with E-state index in [0.717, 1.165) is 30.6 Å². The number of carbonyl (C=O) groups excluding carboxylic acids is 1. The summed E-state index contributed by atoms with van der Waals surface area (Å²) in [5, 5.41) is 1.28. The average molecular weight is 255 g/mol. The van der Waals surface area contributed by atoms with Crippen molar-refractivity contribution in [3.05, 3.63) is 35.5 Å². The molecule has 0 saturated carbocycles. The molecule has 4 rings (SSSR count). The minimum absolute atomic E-state index is 0.0393. The number of hydrogen-bond acceptors (Lipinski definition) is 2. The lowest BCUT2D eigenvalue weighted by Gasteiger charge is -2.42. The summed E-state index contributed by atoms with van der Waals surface area (Å²) >= 11 is 0. The van der Waals surface area contributed by atoms with Crippen molar-refractivity contribution in [1.82, 2.24) is 9.88 Å². The lowest BCUT2D eigenvalue weighted by Crippen LogP contribution is -2.51. The van der Waals surface area contributed by atoms with Crippen LogP contribution in [0.15, 0.2) is 24.3 Å². The normalized spacial score (nSPS) is 26.4. The summed E-state index contributed by atoms with van der Waals surface area (Å²) in [7, 11) is 0. The van der Waals surface area contributed by atoms with Crippen LogP contribution in [0, 0.1) is 0 Å². The Hall–Kier alpha value is -1.81. The van der Waals surface area contributed by atoms with Gasteiger partial charge < -0.3 is 15.6 Å². The number of aromatic nitrogens is 1. The van der Waals surface area contributed by atoms with Crippen molar-refractivity contribution in [3.63, 3.8) is 0 Å². The smallest absolute Gasteiger partial charge is 0.223 e. The summed E-state index contributed by atoms with van der Waals surface area (Å²) in [5.41, 5.74) is 9.94. The van der Waals surface area contributed by atoms with E-state index in [9.17, 15) is 4.79 Å². The second kappa shape index (κ2) is 3.84. The number of aromatic amines is 1. The van der Waals surface area contributed by atoms with Crippen LogP contribution in [0.4, 0.5) is 0 Å². The summed E-state index contributed by atoms with van der Waals surface area (Å²) in [6.07, 6.45) is 2.30. The topological polar surface area (TPSA) is 62.1 Å². The summed E-state index contributed by atoms with van der Waals surface area (Å²) in [4.78, 5) is 17.5. The van der Waals surface area contributed by atoms with E-state index in [4.69, 9.17) is 5.73 Å². The number of carbonyl (C=O) groups is 1. The highest BCUT2D eigenvalue weighted by Crippen LogP contribution is 2.39. The minimum Gasteiger partial charge on any atom is -0.356 e. The molecule has 0 radical (unpaired) electrons. The molecule has 2 aliphatic heterocycles. The van der Waals surface area contributed by atoms with Crippen molar-refractivity contribution in [2.75, 3.05) is 6.54 Å². The molecule has 2 aromatic rings. The maximum atomic E-state index is 12.1. The van der Waals surface area contributed by atoms with Gasteiger partial charge in [0, 0.05) is 35.6 Å². The van der Waals surface area contributed by atoms with Gasteiger partial charge in [0.1, 0.15) is 0 Å². The average Bonchev–Trinajstić information content (AvgIpc) is 2.81. The molecule has 0 unspecified atom stereocenters. The van der Waals surface area contributed by atoms with Gasteiger partial charge >= 0.3 is 0 Å². The fourth-order valence-electron chi connectivity index (χ4n) is 3.59. The van der Waals surface area contributed by atoms with Crippen molar-refractivity contribution in [3.8, 4) is 0 Å². The zero-order valence-electron chi connectivity index (χ0n) is 10.7. The predicted octanol–water partition coefficient (Wildman–Crippen LogP) is 1.71. The highest BCUT2D eigenvalue weighted by atomic mass is 16.2. The van der Waals surface area contributed by atoms with Gasteiger partial charge in [-0.2, -0.15) is 0 Å². The monoisotopic (exact) mass is 255 g/mol. The van der Waals surface area contributed by atoms with Crippen LogP contribution in [0.3, 0.4) is 0 Å². The van der Waals surface area contributed by atoms with E-state index in [-0.39, 0.29) is 18.0 Å². The van der Waals surface area contributed by atoms with E-state index >= 15 is 0 Å². The molecule has 1 aromatic carbocycles. The van der Waals surface area contributed by atoms with Crippen LogP contribution in [0.1, 0.15) is 30.1 Å². The van der Waals surface area contributed by atoms with Crippen molar-refractivity contribution >= 4 is 16.8 Å². The lowest BCUT2D eigenvalue weighted by molar-refractivity contribution is -0.137. The molecule has 1 aromatic heterocycles. The summed E-state index contributed by atoms with van der Waals surface area (Å²) < 4.78 is 0. The molecule has 2 atom stereocenters. The summed E-state index contributed by atoms with van der Waals surface area (Å²) in [6, 6.07) is 8.43. The first-order valence-corrected chi connectivity index (χ1v) is 6.90. The number of nitrogens with zero attached hydrogens (tertiary/aromatic N) is 1. The van der Waals surface area contributed by atoms with Gasteiger partial charge in [0.25, 0.3) is 0 Å². The Bertz CT molecular complexity index is 660. The number of benzene rings is 1. The van der Waals surface area contributed by atoms with Crippen LogP contribution >= 0.6 is 0 Å². The number of rotatable bonds is 0. The van der Waals surface area contributed by atoms with E-state index in [2.05, 4.69) is 23.2 Å². The Morgan fingerprint density at radius 3 is 3.00 bits per heavy atom. The molecular formula is C15H17N3O. The van der Waals surface area contributed by atoms with Gasteiger partial charge in [0.05, 0.1) is 6.04 Å². The molecule has 3 N–H and O–H groups in total. The van der Waals surface area contributed by atoms with Crippen LogP contribution < -0.4 is 5.73 Å². The third-order valence-electron chi connectivity index (χ3n) is 4.50. The molecule has 0 spiro atoms. The number of H-pyrrole nitrogens is 1. The Balaban J connectivity index is 1.91. The van der Waals surface area contributed by atoms with Gasteiger partial charge in [-0.15, -0.1) is 0 Å². The lowest BCUT2D eigenvalue weighted by atomic mass is 9.87. The summed E-state index contributed by atoms with van der Waals surface area (Å²) in [5.74, 6) is 0.246. The molecule has 2 aliphatic rings. The zero-order chi connectivity index (χ0) is 13.0. The molecule has 4 nitrogen and oxygen atoms in total. The second-order valence-electron chi connectivity index (χ2n) is 5.55. The fraction of sp³-hybridized carbons (Fsp3) is 0.400. The number of fused-ring (bicyclic) bond motifs is 5. The molecule has 1 fully saturated rings. The van der Waals surface area contributed by atoms with E-state index in [1.54, 1.807) is 0 Å². The molecule has 19 heavy (non-hydrogen) atoms.